The quantitative estimate of drug-likeness (QED) is 0.292. The third-order valence-corrected chi connectivity index (χ3v) is 4.65. The van der Waals surface area contributed by atoms with Crippen molar-refractivity contribution in [2.45, 2.75) is 20.4 Å². The number of halogens is 1. The highest BCUT2D eigenvalue weighted by Gasteiger charge is 2.09. The highest BCUT2D eigenvalue weighted by atomic mass is 35.5. The van der Waals surface area contributed by atoms with E-state index in [1.54, 1.807) is 13.2 Å². The minimum absolute atomic E-state index is 0.328. The SMILES string of the molecule is COc1cccc(CN=C(NC(=S)Nc2ccccc2Cl)Nc2nc(C)cc(C)n2)c1. The fourth-order valence-corrected chi connectivity index (χ4v) is 3.15. The van der Waals surface area contributed by atoms with Crippen molar-refractivity contribution in [3.63, 3.8) is 0 Å². The molecule has 0 aliphatic heterocycles. The zero-order valence-corrected chi connectivity index (χ0v) is 19.0. The van der Waals surface area contributed by atoms with Gasteiger partial charge in [-0.3, -0.25) is 5.32 Å². The maximum atomic E-state index is 6.21. The molecule has 0 aliphatic rings. The molecule has 0 saturated carbocycles. The summed E-state index contributed by atoms with van der Waals surface area (Å²) in [5.74, 6) is 1.59. The first-order chi connectivity index (χ1) is 14.9. The van der Waals surface area contributed by atoms with E-state index in [1.807, 2.05) is 62.4 Å². The molecule has 2 aromatic carbocycles. The number of aromatic nitrogens is 2. The molecular weight excluding hydrogens is 432 g/mol. The van der Waals surface area contributed by atoms with Gasteiger partial charge in [-0.1, -0.05) is 35.9 Å². The fourth-order valence-electron chi connectivity index (χ4n) is 2.76. The number of aryl methyl sites for hydroxylation is 2. The summed E-state index contributed by atoms with van der Waals surface area (Å²) >= 11 is 11.7. The summed E-state index contributed by atoms with van der Waals surface area (Å²) in [6.07, 6.45) is 0. The lowest BCUT2D eigenvalue weighted by molar-refractivity contribution is 0.414. The number of rotatable bonds is 5. The van der Waals surface area contributed by atoms with Crippen molar-refractivity contribution in [2.75, 3.05) is 17.7 Å². The van der Waals surface area contributed by atoms with E-state index in [-0.39, 0.29) is 0 Å². The number of guanidine groups is 1. The maximum Gasteiger partial charge on any atom is 0.229 e. The number of methoxy groups -OCH3 is 1. The zero-order valence-electron chi connectivity index (χ0n) is 17.4. The summed E-state index contributed by atoms with van der Waals surface area (Å²) < 4.78 is 5.28. The molecular formula is C22H23ClN6OS. The molecule has 0 bridgehead atoms. The Bertz CT molecular complexity index is 1080. The van der Waals surface area contributed by atoms with Crippen LogP contribution in [0.5, 0.6) is 5.75 Å². The van der Waals surface area contributed by atoms with Gasteiger partial charge >= 0.3 is 0 Å². The first kappa shape index (κ1) is 22.5. The summed E-state index contributed by atoms with van der Waals surface area (Å²) in [7, 11) is 1.63. The molecule has 0 amide bonds. The Morgan fingerprint density at radius 3 is 2.48 bits per heavy atom. The molecule has 160 valence electrons. The molecule has 3 rings (SSSR count). The van der Waals surface area contributed by atoms with E-state index in [0.29, 0.717) is 34.3 Å². The van der Waals surface area contributed by atoms with E-state index in [4.69, 9.17) is 28.6 Å². The fraction of sp³-hybridized carbons (Fsp3) is 0.182. The van der Waals surface area contributed by atoms with Crippen LogP contribution in [0.3, 0.4) is 0 Å². The predicted octanol–water partition coefficient (Wildman–Crippen LogP) is 4.71. The lowest BCUT2D eigenvalue weighted by atomic mass is 10.2. The third kappa shape index (κ3) is 6.91. The molecule has 0 unspecified atom stereocenters. The third-order valence-electron chi connectivity index (χ3n) is 4.12. The first-order valence-electron chi connectivity index (χ1n) is 9.52. The highest BCUT2D eigenvalue weighted by molar-refractivity contribution is 7.80. The van der Waals surface area contributed by atoms with Crippen LogP contribution in [-0.2, 0) is 6.54 Å². The van der Waals surface area contributed by atoms with Crippen LogP contribution >= 0.6 is 23.8 Å². The van der Waals surface area contributed by atoms with Crippen molar-refractivity contribution in [3.05, 3.63) is 76.6 Å². The summed E-state index contributed by atoms with van der Waals surface area (Å²) in [4.78, 5) is 13.5. The number of ether oxygens (including phenoxy) is 1. The Kier molecular flexibility index (Phi) is 7.75. The second-order valence-electron chi connectivity index (χ2n) is 6.67. The van der Waals surface area contributed by atoms with Crippen molar-refractivity contribution < 1.29 is 4.74 Å². The Morgan fingerprint density at radius 2 is 1.77 bits per heavy atom. The van der Waals surface area contributed by atoms with Gasteiger partial charge in [-0.25, -0.2) is 15.0 Å². The molecule has 31 heavy (non-hydrogen) atoms. The van der Waals surface area contributed by atoms with E-state index < -0.39 is 0 Å². The number of anilines is 2. The molecule has 3 N–H and O–H groups in total. The van der Waals surface area contributed by atoms with Gasteiger partial charge in [0.15, 0.2) is 5.11 Å². The molecule has 0 aliphatic carbocycles. The van der Waals surface area contributed by atoms with Gasteiger partial charge in [-0.05, 0) is 62.0 Å². The first-order valence-corrected chi connectivity index (χ1v) is 10.3. The van der Waals surface area contributed by atoms with Crippen LogP contribution in [-0.4, -0.2) is 28.1 Å². The normalized spacial score (nSPS) is 11.0. The molecule has 0 radical (unpaired) electrons. The van der Waals surface area contributed by atoms with Crippen LogP contribution in [0.25, 0.3) is 0 Å². The standard InChI is InChI=1S/C22H23ClN6OS/c1-14-11-15(2)26-21(25-14)28-20(24-13-16-7-6-8-17(12-16)30-3)29-22(31)27-19-10-5-4-9-18(19)23/h4-12H,13H2,1-3H3,(H3,24,25,26,27,28,29,31). The van der Waals surface area contributed by atoms with Crippen molar-refractivity contribution in [3.8, 4) is 5.75 Å². The van der Waals surface area contributed by atoms with Gasteiger partial charge in [0.2, 0.25) is 11.9 Å². The van der Waals surface area contributed by atoms with Crippen molar-refractivity contribution >= 4 is 46.5 Å². The number of thiocarbonyl (C=S) groups is 1. The Morgan fingerprint density at radius 1 is 1.03 bits per heavy atom. The van der Waals surface area contributed by atoms with Crippen LogP contribution < -0.4 is 20.7 Å². The van der Waals surface area contributed by atoms with E-state index >= 15 is 0 Å². The molecule has 1 heterocycles. The largest absolute Gasteiger partial charge is 0.497 e. The average molecular weight is 455 g/mol. The number of hydrogen-bond acceptors (Lipinski definition) is 5. The minimum atomic E-state index is 0.328. The van der Waals surface area contributed by atoms with E-state index in [1.165, 1.54) is 0 Å². The molecule has 0 saturated heterocycles. The van der Waals surface area contributed by atoms with Gasteiger partial charge in [0, 0.05) is 11.4 Å². The van der Waals surface area contributed by atoms with E-state index in [2.05, 4.69) is 30.9 Å². The summed E-state index contributed by atoms with van der Waals surface area (Å²) in [6.45, 7) is 4.21. The van der Waals surface area contributed by atoms with Gasteiger partial charge in [0.05, 0.1) is 24.4 Å². The molecule has 0 fully saturated rings. The van der Waals surface area contributed by atoms with E-state index in [0.717, 1.165) is 22.7 Å². The topological polar surface area (TPSA) is 83.5 Å². The molecule has 9 heteroatoms. The zero-order chi connectivity index (χ0) is 22.2. The summed E-state index contributed by atoms with van der Waals surface area (Å²) in [5.41, 5.74) is 3.36. The molecule has 1 aromatic heterocycles. The van der Waals surface area contributed by atoms with Crippen molar-refractivity contribution in [1.29, 1.82) is 0 Å². The van der Waals surface area contributed by atoms with Gasteiger partial charge in [0.25, 0.3) is 0 Å². The number of aliphatic imine (C=N–C) groups is 1. The molecule has 0 atom stereocenters. The molecule has 0 spiro atoms. The van der Waals surface area contributed by atoms with Crippen molar-refractivity contribution in [2.24, 2.45) is 4.99 Å². The van der Waals surface area contributed by atoms with Crippen LogP contribution in [0, 0.1) is 13.8 Å². The highest BCUT2D eigenvalue weighted by Crippen LogP contribution is 2.20. The smallest absolute Gasteiger partial charge is 0.229 e. The number of nitrogens with one attached hydrogen (secondary N) is 3. The summed E-state index contributed by atoms with van der Waals surface area (Å²) in [5, 5.41) is 10.1. The van der Waals surface area contributed by atoms with Gasteiger partial charge < -0.3 is 15.4 Å². The summed E-state index contributed by atoms with van der Waals surface area (Å²) in [6, 6.07) is 16.9. The molecule has 7 nitrogen and oxygen atoms in total. The van der Waals surface area contributed by atoms with Crippen molar-refractivity contribution in [1.82, 2.24) is 15.3 Å². The predicted molar refractivity (Wildman–Crippen MR) is 130 cm³/mol. The lowest BCUT2D eigenvalue weighted by Gasteiger charge is -2.15. The van der Waals surface area contributed by atoms with Gasteiger partial charge in [-0.2, -0.15) is 0 Å². The maximum absolute atomic E-state index is 6.21. The Labute approximate surface area is 191 Å². The van der Waals surface area contributed by atoms with Crippen LogP contribution in [0.4, 0.5) is 11.6 Å². The van der Waals surface area contributed by atoms with Crippen LogP contribution in [0.1, 0.15) is 17.0 Å². The number of benzene rings is 2. The Balaban J connectivity index is 1.80. The Hall–Kier alpha value is -3.23. The number of para-hydroxylation sites is 1. The van der Waals surface area contributed by atoms with Gasteiger partial charge in [0.1, 0.15) is 5.75 Å². The van der Waals surface area contributed by atoms with E-state index in [9.17, 15) is 0 Å². The van der Waals surface area contributed by atoms with Crippen LogP contribution in [0.15, 0.2) is 59.6 Å². The number of hydrogen-bond donors (Lipinski definition) is 3. The minimum Gasteiger partial charge on any atom is -0.497 e. The van der Waals surface area contributed by atoms with Gasteiger partial charge in [-0.15, -0.1) is 0 Å². The van der Waals surface area contributed by atoms with Crippen LogP contribution in [0.2, 0.25) is 5.02 Å². The molecule has 3 aromatic rings. The monoisotopic (exact) mass is 454 g/mol. The average Bonchev–Trinajstić information content (AvgIpc) is 2.73. The second-order valence-corrected chi connectivity index (χ2v) is 7.49. The lowest BCUT2D eigenvalue weighted by Crippen LogP contribution is -2.39. The number of nitrogens with zero attached hydrogens (tertiary/aromatic N) is 3. The second kappa shape index (κ2) is 10.7.